The van der Waals surface area contributed by atoms with E-state index in [1.807, 2.05) is 22.7 Å². The molecule has 4 rings (SSSR count). The average Bonchev–Trinajstić information content (AvgIpc) is 3.08. The summed E-state index contributed by atoms with van der Waals surface area (Å²) in [5, 5.41) is 4.61. The number of fused-ring (bicyclic) bond motifs is 1. The van der Waals surface area contributed by atoms with Crippen molar-refractivity contribution in [2.75, 3.05) is 39.4 Å². The van der Waals surface area contributed by atoms with Crippen molar-refractivity contribution in [1.82, 2.24) is 19.6 Å². The third kappa shape index (κ3) is 4.31. The summed E-state index contributed by atoms with van der Waals surface area (Å²) in [5.41, 5.74) is 4.58. The van der Waals surface area contributed by atoms with Gasteiger partial charge in [0.1, 0.15) is 13.2 Å². The number of rotatable bonds is 6. The molecule has 1 amide bonds. The highest BCUT2D eigenvalue weighted by Crippen LogP contribution is 2.31. The lowest BCUT2D eigenvalue weighted by molar-refractivity contribution is -0.132. The van der Waals surface area contributed by atoms with Crippen molar-refractivity contribution >= 4 is 5.91 Å². The molecule has 0 atom stereocenters. The molecule has 2 aliphatic rings. The number of benzene rings is 1. The standard InChI is InChI=1S/C23H32N4O3/c1-4-19-18(20(5-2)25(3)24-19)15-23(28)27-10-8-26(9-11-27)16-17-6-7-21-22(14-17)30-13-12-29-21/h6-7,14H,4-5,8-13,15-16H2,1-3H3. The van der Waals surface area contributed by atoms with Gasteiger partial charge in [-0.05, 0) is 30.5 Å². The molecule has 0 spiro atoms. The van der Waals surface area contributed by atoms with E-state index in [1.165, 1.54) is 11.3 Å². The highest BCUT2D eigenvalue weighted by Gasteiger charge is 2.24. The zero-order valence-corrected chi connectivity index (χ0v) is 18.3. The molecule has 30 heavy (non-hydrogen) atoms. The van der Waals surface area contributed by atoms with Gasteiger partial charge in [-0.3, -0.25) is 14.4 Å². The van der Waals surface area contributed by atoms with E-state index in [4.69, 9.17) is 9.47 Å². The van der Waals surface area contributed by atoms with Crippen LogP contribution in [0.4, 0.5) is 0 Å². The van der Waals surface area contributed by atoms with E-state index in [9.17, 15) is 4.79 Å². The van der Waals surface area contributed by atoms with Crippen LogP contribution < -0.4 is 9.47 Å². The van der Waals surface area contributed by atoms with Crippen LogP contribution in [0.2, 0.25) is 0 Å². The summed E-state index contributed by atoms with van der Waals surface area (Å²) in [6, 6.07) is 6.17. The minimum absolute atomic E-state index is 0.214. The summed E-state index contributed by atoms with van der Waals surface area (Å²) in [7, 11) is 1.97. The van der Waals surface area contributed by atoms with Crippen molar-refractivity contribution in [2.45, 2.75) is 39.7 Å². The van der Waals surface area contributed by atoms with E-state index in [1.54, 1.807) is 0 Å². The first-order valence-electron chi connectivity index (χ1n) is 11.0. The van der Waals surface area contributed by atoms with Gasteiger partial charge in [-0.2, -0.15) is 5.10 Å². The topological polar surface area (TPSA) is 59.8 Å². The van der Waals surface area contributed by atoms with Crippen molar-refractivity contribution in [1.29, 1.82) is 0 Å². The lowest BCUT2D eigenvalue weighted by Crippen LogP contribution is -2.48. The summed E-state index contributed by atoms with van der Waals surface area (Å²) in [6.45, 7) is 9.62. The number of aryl methyl sites for hydroxylation is 2. The van der Waals surface area contributed by atoms with E-state index >= 15 is 0 Å². The van der Waals surface area contributed by atoms with Crippen LogP contribution in [0.25, 0.3) is 0 Å². The molecule has 7 nitrogen and oxygen atoms in total. The number of nitrogens with zero attached hydrogens (tertiary/aromatic N) is 4. The fraction of sp³-hybridized carbons (Fsp3) is 0.565. The SMILES string of the molecule is CCc1nn(C)c(CC)c1CC(=O)N1CCN(Cc2ccc3c(c2)OCCO3)CC1. The molecule has 1 aromatic heterocycles. The maximum atomic E-state index is 13.0. The lowest BCUT2D eigenvalue weighted by Gasteiger charge is -2.35. The maximum Gasteiger partial charge on any atom is 0.227 e. The fourth-order valence-electron chi connectivity index (χ4n) is 4.46. The van der Waals surface area contributed by atoms with E-state index in [2.05, 4.69) is 36.0 Å². The average molecular weight is 413 g/mol. The molecular weight excluding hydrogens is 380 g/mol. The molecule has 1 aromatic carbocycles. The molecule has 3 heterocycles. The molecule has 162 valence electrons. The number of hydrogen-bond acceptors (Lipinski definition) is 5. The second-order valence-corrected chi connectivity index (χ2v) is 8.01. The van der Waals surface area contributed by atoms with Gasteiger partial charge >= 0.3 is 0 Å². The fourth-order valence-corrected chi connectivity index (χ4v) is 4.46. The highest BCUT2D eigenvalue weighted by atomic mass is 16.6. The lowest BCUT2D eigenvalue weighted by atomic mass is 10.0. The predicted octanol–water partition coefficient (Wildman–Crippen LogP) is 2.20. The first-order chi connectivity index (χ1) is 14.6. The normalized spacial score (nSPS) is 16.7. The minimum atomic E-state index is 0.214. The number of carbonyl (C=O) groups excluding carboxylic acids is 1. The number of carbonyl (C=O) groups is 1. The largest absolute Gasteiger partial charge is 0.486 e. The number of hydrogen-bond donors (Lipinski definition) is 0. The monoisotopic (exact) mass is 412 g/mol. The van der Waals surface area contributed by atoms with Crippen LogP contribution >= 0.6 is 0 Å². The molecule has 0 saturated carbocycles. The van der Waals surface area contributed by atoms with Gasteiger partial charge in [0, 0.05) is 51.0 Å². The highest BCUT2D eigenvalue weighted by molar-refractivity contribution is 5.79. The molecule has 1 fully saturated rings. The molecule has 2 aliphatic heterocycles. The Hall–Kier alpha value is -2.54. The van der Waals surface area contributed by atoms with Gasteiger partial charge in [-0.1, -0.05) is 19.9 Å². The molecular formula is C23H32N4O3. The zero-order valence-electron chi connectivity index (χ0n) is 18.3. The Labute approximate surface area is 178 Å². The van der Waals surface area contributed by atoms with E-state index in [0.717, 1.165) is 68.3 Å². The Kier molecular flexibility index (Phi) is 6.27. The van der Waals surface area contributed by atoms with Crippen LogP contribution in [-0.4, -0.2) is 64.9 Å². The first-order valence-corrected chi connectivity index (χ1v) is 11.0. The number of aromatic nitrogens is 2. The van der Waals surface area contributed by atoms with E-state index in [0.29, 0.717) is 19.6 Å². The second kappa shape index (κ2) is 9.08. The minimum Gasteiger partial charge on any atom is -0.486 e. The summed E-state index contributed by atoms with van der Waals surface area (Å²) >= 11 is 0. The van der Waals surface area contributed by atoms with Gasteiger partial charge in [-0.15, -0.1) is 0 Å². The Morgan fingerprint density at radius 1 is 1.03 bits per heavy atom. The van der Waals surface area contributed by atoms with Gasteiger partial charge in [0.05, 0.1) is 12.1 Å². The molecule has 0 bridgehead atoms. The van der Waals surface area contributed by atoms with Crippen LogP contribution in [0.3, 0.4) is 0 Å². The predicted molar refractivity (Wildman–Crippen MR) is 115 cm³/mol. The Balaban J connectivity index is 1.33. The summed E-state index contributed by atoms with van der Waals surface area (Å²) in [6.07, 6.45) is 2.22. The van der Waals surface area contributed by atoms with Crippen molar-refractivity contribution in [3.8, 4) is 11.5 Å². The second-order valence-electron chi connectivity index (χ2n) is 8.01. The van der Waals surface area contributed by atoms with Crippen LogP contribution in [0.1, 0.15) is 36.4 Å². The van der Waals surface area contributed by atoms with Gasteiger partial charge in [0.15, 0.2) is 11.5 Å². The molecule has 0 aliphatic carbocycles. The number of amides is 1. The van der Waals surface area contributed by atoms with Gasteiger partial charge in [0.25, 0.3) is 0 Å². The smallest absolute Gasteiger partial charge is 0.227 e. The quantitative estimate of drug-likeness (QED) is 0.728. The molecule has 7 heteroatoms. The number of ether oxygens (including phenoxy) is 2. The molecule has 0 unspecified atom stereocenters. The summed E-state index contributed by atoms with van der Waals surface area (Å²) < 4.78 is 13.2. The Bertz CT molecular complexity index is 900. The van der Waals surface area contributed by atoms with Crippen LogP contribution in [0.15, 0.2) is 18.2 Å². The number of piperazine rings is 1. The molecule has 2 aromatic rings. The molecule has 0 radical (unpaired) electrons. The molecule has 1 saturated heterocycles. The van der Waals surface area contributed by atoms with Gasteiger partial charge in [0.2, 0.25) is 5.91 Å². The van der Waals surface area contributed by atoms with Gasteiger partial charge in [-0.25, -0.2) is 0 Å². The Morgan fingerprint density at radius 2 is 1.77 bits per heavy atom. The maximum absolute atomic E-state index is 13.0. The zero-order chi connectivity index (χ0) is 21.1. The Morgan fingerprint density at radius 3 is 2.47 bits per heavy atom. The van der Waals surface area contributed by atoms with Crippen LogP contribution in [0, 0.1) is 0 Å². The third-order valence-corrected chi connectivity index (χ3v) is 6.09. The van der Waals surface area contributed by atoms with Crippen molar-refractivity contribution in [3.63, 3.8) is 0 Å². The van der Waals surface area contributed by atoms with Crippen LogP contribution in [0.5, 0.6) is 11.5 Å². The van der Waals surface area contributed by atoms with Gasteiger partial charge < -0.3 is 14.4 Å². The summed E-state index contributed by atoms with van der Waals surface area (Å²) in [5.74, 6) is 1.88. The summed E-state index contributed by atoms with van der Waals surface area (Å²) in [4.78, 5) is 17.4. The third-order valence-electron chi connectivity index (χ3n) is 6.09. The van der Waals surface area contributed by atoms with Crippen LogP contribution in [-0.2, 0) is 37.6 Å². The van der Waals surface area contributed by atoms with Crippen molar-refractivity contribution in [2.24, 2.45) is 7.05 Å². The molecule has 0 N–H and O–H groups in total. The van der Waals surface area contributed by atoms with E-state index in [-0.39, 0.29) is 5.91 Å². The van der Waals surface area contributed by atoms with Crippen molar-refractivity contribution in [3.05, 3.63) is 40.7 Å². The van der Waals surface area contributed by atoms with E-state index < -0.39 is 0 Å². The van der Waals surface area contributed by atoms with Crippen molar-refractivity contribution < 1.29 is 14.3 Å². The first kappa shape index (κ1) is 20.7.